The lowest BCUT2D eigenvalue weighted by Gasteiger charge is -2.30. The van der Waals surface area contributed by atoms with Crippen molar-refractivity contribution < 1.29 is 4.74 Å². The van der Waals surface area contributed by atoms with Gasteiger partial charge in [-0.1, -0.05) is 38.1 Å². The predicted octanol–water partition coefficient (Wildman–Crippen LogP) is 2.71. The van der Waals surface area contributed by atoms with Gasteiger partial charge in [0.05, 0.1) is 13.2 Å². The third-order valence-electron chi connectivity index (χ3n) is 3.49. The summed E-state index contributed by atoms with van der Waals surface area (Å²) in [6.45, 7) is 10.2. The molecule has 1 saturated heterocycles. The van der Waals surface area contributed by atoms with Gasteiger partial charge in [0.25, 0.3) is 0 Å². The molecule has 1 aliphatic rings. The highest BCUT2D eigenvalue weighted by molar-refractivity contribution is 5.26. The molecule has 3 heteroatoms. The molecule has 1 aromatic carbocycles. The van der Waals surface area contributed by atoms with Gasteiger partial charge in [0.1, 0.15) is 0 Å². The maximum atomic E-state index is 5.35. The van der Waals surface area contributed by atoms with Crippen LogP contribution >= 0.6 is 0 Å². The maximum absolute atomic E-state index is 5.35. The minimum absolute atomic E-state index is 0.351. The van der Waals surface area contributed by atoms with Gasteiger partial charge in [-0.05, 0) is 24.0 Å². The van der Waals surface area contributed by atoms with Gasteiger partial charge in [0, 0.05) is 19.1 Å². The predicted molar refractivity (Wildman–Crippen MR) is 74.5 cm³/mol. The van der Waals surface area contributed by atoms with Crippen LogP contribution in [0.1, 0.15) is 43.9 Å². The van der Waals surface area contributed by atoms with Crippen LogP contribution in [0.15, 0.2) is 24.3 Å². The number of rotatable bonds is 4. The summed E-state index contributed by atoms with van der Waals surface area (Å²) in [6.07, 6.45) is 0. The van der Waals surface area contributed by atoms with Crippen LogP contribution in [0.4, 0.5) is 0 Å². The number of benzene rings is 1. The highest BCUT2D eigenvalue weighted by atomic mass is 16.5. The number of hydrogen-bond acceptors (Lipinski definition) is 3. The van der Waals surface area contributed by atoms with E-state index in [2.05, 4.69) is 55.5 Å². The van der Waals surface area contributed by atoms with Crippen LogP contribution < -0.4 is 5.43 Å². The fraction of sp³-hybridized carbons (Fsp3) is 0.600. The van der Waals surface area contributed by atoms with E-state index in [1.807, 2.05) is 0 Å². The molecule has 1 atom stereocenters. The average Bonchev–Trinajstić information content (AvgIpc) is 2.40. The van der Waals surface area contributed by atoms with Gasteiger partial charge in [0.15, 0.2) is 0 Å². The van der Waals surface area contributed by atoms with Crippen molar-refractivity contribution in [3.05, 3.63) is 35.4 Å². The molecule has 1 aliphatic heterocycles. The maximum Gasteiger partial charge on any atom is 0.0608 e. The van der Waals surface area contributed by atoms with Crippen LogP contribution in [0.3, 0.4) is 0 Å². The summed E-state index contributed by atoms with van der Waals surface area (Å²) in [5, 5.41) is 2.25. The number of morpholine rings is 1. The third-order valence-corrected chi connectivity index (χ3v) is 3.49. The zero-order valence-electron chi connectivity index (χ0n) is 11.6. The number of ether oxygens (including phenoxy) is 1. The molecule has 1 N–H and O–H groups in total. The topological polar surface area (TPSA) is 24.5 Å². The van der Waals surface area contributed by atoms with E-state index >= 15 is 0 Å². The van der Waals surface area contributed by atoms with Crippen LogP contribution in [0, 0.1) is 0 Å². The van der Waals surface area contributed by atoms with Gasteiger partial charge in [-0.3, -0.25) is 0 Å². The molecule has 0 saturated carbocycles. The minimum Gasteiger partial charge on any atom is -0.379 e. The molecule has 1 heterocycles. The molecule has 0 aliphatic carbocycles. The Labute approximate surface area is 110 Å². The monoisotopic (exact) mass is 248 g/mol. The van der Waals surface area contributed by atoms with E-state index in [1.165, 1.54) is 11.1 Å². The Balaban J connectivity index is 1.93. The number of hydrazine groups is 1. The van der Waals surface area contributed by atoms with E-state index in [1.54, 1.807) is 0 Å². The lowest BCUT2D eigenvalue weighted by molar-refractivity contribution is 0.00484. The van der Waals surface area contributed by atoms with Crippen molar-refractivity contribution in [2.45, 2.75) is 32.7 Å². The molecule has 1 fully saturated rings. The first-order chi connectivity index (χ1) is 8.66. The van der Waals surface area contributed by atoms with Gasteiger partial charge in [0.2, 0.25) is 0 Å². The van der Waals surface area contributed by atoms with E-state index in [9.17, 15) is 0 Å². The van der Waals surface area contributed by atoms with E-state index in [4.69, 9.17) is 4.74 Å². The van der Waals surface area contributed by atoms with Crippen molar-refractivity contribution in [2.24, 2.45) is 0 Å². The molecule has 0 amide bonds. The lowest BCUT2D eigenvalue weighted by Crippen LogP contribution is -2.46. The second-order valence-electron chi connectivity index (χ2n) is 5.27. The largest absolute Gasteiger partial charge is 0.379 e. The molecule has 18 heavy (non-hydrogen) atoms. The van der Waals surface area contributed by atoms with Gasteiger partial charge in [-0.25, -0.2) is 10.4 Å². The van der Waals surface area contributed by atoms with E-state index < -0.39 is 0 Å². The third kappa shape index (κ3) is 3.55. The average molecular weight is 248 g/mol. The van der Waals surface area contributed by atoms with Crippen molar-refractivity contribution in [2.75, 3.05) is 26.3 Å². The fourth-order valence-electron chi connectivity index (χ4n) is 2.21. The van der Waals surface area contributed by atoms with Gasteiger partial charge >= 0.3 is 0 Å². The molecule has 0 bridgehead atoms. The van der Waals surface area contributed by atoms with Crippen molar-refractivity contribution in [1.29, 1.82) is 0 Å². The van der Waals surface area contributed by atoms with Crippen LogP contribution in [0.5, 0.6) is 0 Å². The smallest absolute Gasteiger partial charge is 0.0608 e. The lowest BCUT2D eigenvalue weighted by atomic mass is 10.00. The Morgan fingerprint density at radius 1 is 1.00 bits per heavy atom. The highest BCUT2D eigenvalue weighted by Crippen LogP contribution is 2.18. The molecule has 1 unspecified atom stereocenters. The van der Waals surface area contributed by atoms with Crippen molar-refractivity contribution in [1.82, 2.24) is 10.4 Å². The second-order valence-corrected chi connectivity index (χ2v) is 5.27. The second kappa shape index (κ2) is 6.32. The zero-order chi connectivity index (χ0) is 13.0. The summed E-state index contributed by atoms with van der Waals surface area (Å²) >= 11 is 0. The first kappa shape index (κ1) is 13.5. The number of hydrogen-bond donors (Lipinski definition) is 1. The molecule has 0 aromatic heterocycles. The van der Waals surface area contributed by atoms with E-state index in [-0.39, 0.29) is 0 Å². The summed E-state index contributed by atoms with van der Waals surface area (Å²) in [5.74, 6) is 0.599. The standard InChI is InChI=1S/C15H24N2O/c1-12(2)14-4-6-15(7-5-14)13(3)16-17-8-10-18-11-9-17/h4-7,12-13,16H,8-11H2,1-3H3. The normalized spacial score (nSPS) is 19.1. The van der Waals surface area contributed by atoms with Gasteiger partial charge in [-0.15, -0.1) is 0 Å². The first-order valence-corrected chi connectivity index (χ1v) is 6.85. The molecule has 100 valence electrons. The summed E-state index contributed by atoms with van der Waals surface area (Å²) in [7, 11) is 0. The van der Waals surface area contributed by atoms with Crippen molar-refractivity contribution in [3.63, 3.8) is 0 Å². The molecule has 1 aromatic rings. The summed E-state index contributed by atoms with van der Waals surface area (Å²) in [5.41, 5.74) is 6.28. The molecule has 2 rings (SSSR count). The number of nitrogens with zero attached hydrogens (tertiary/aromatic N) is 1. The highest BCUT2D eigenvalue weighted by Gasteiger charge is 2.13. The Morgan fingerprint density at radius 3 is 2.11 bits per heavy atom. The first-order valence-electron chi connectivity index (χ1n) is 6.85. The van der Waals surface area contributed by atoms with Crippen molar-refractivity contribution in [3.8, 4) is 0 Å². The molecular formula is C15H24N2O. The van der Waals surface area contributed by atoms with Gasteiger partial charge < -0.3 is 4.74 Å². The summed E-state index contributed by atoms with van der Waals surface area (Å²) in [6, 6.07) is 9.28. The van der Waals surface area contributed by atoms with Crippen LogP contribution in [-0.2, 0) is 4.74 Å². The Kier molecular flexibility index (Phi) is 4.75. The fourth-order valence-corrected chi connectivity index (χ4v) is 2.21. The van der Waals surface area contributed by atoms with Crippen molar-refractivity contribution >= 4 is 0 Å². The number of nitrogens with one attached hydrogen (secondary N) is 1. The Bertz CT molecular complexity index is 355. The van der Waals surface area contributed by atoms with E-state index in [0.29, 0.717) is 12.0 Å². The van der Waals surface area contributed by atoms with Crippen LogP contribution in [-0.4, -0.2) is 31.3 Å². The van der Waals surface area contributed by atoms with Gasteiger partial charge in [-0.2, -0.15) is 0 Å². The summed E-state index contributed by atoms with van der Waals surface area (Å²) in [4.78, 5) is 0. The van der Waals surface area contributed by atoms with E-state index in [0.717, 1.165) is 26.3 Å². The van der Waals surface area contributed by atoms with Crippen LogP contribution in [0.25, 0.3) is 0 Å². The Morgan fingerprint density at radius 2 is 1.56 bits per heavy atom. The Hall–Kier alpha value is -0.900. The minimum atomic E-state index is 0.351. The summed E-state index contributed by atoms with van der Waals surface area (Å²) < 4.78 is 5.35. The molecule has 0 radical (unpaired) electrons. The quantitative estimate of drug-likeness (QED) is 0.886. The zero-order valence-corrected chi connectivity index (χ0v) is 11.6. The SMILES string of the molecule is CC(C)c1ccc(C(C)NN2CCOCC2)cc1. The molecule has 0 spiro atoms. The molecule has 3 nitrogen and oxygen atoms in total. The molecular weight excluding hydrogens is 224 g/mol. The van der Waals surface area contributed by atoms with Crippen LogP contribution in [0.2, 0.25) is 0 Å².